The monoisotopic (exact) mass is 374 g/mol. The molecule has 0 fully saturated rings. The number of benzene rings is 3. The van der Waals surface area contributed by atoms with Crippen LogP contribution in [0.15, 0.2) is 60.7 Å². The number of carboxylic acids is 1. The van der Waals surface area contributed by atoms with Gasteiger partial charge in [-0.05, 0) is 40.6 Å². The van der Waals surface area contributed by atoms with Gasteiger partial charge in [-0.2, -0.15) is 0 Å². The summed E-state index contributed by atoms with van der Waals surface area (Å²) in [5.74, 6) is -0.453. The first kappa shape index (κ1) is 17.2. The number of carbonyl (C=O) groups excluding carboxylic acids is 1. The zero-order chi connectivity index (χ0) is 18.8. The highest BCUT2D eigenvalue weighted by atomic mass is 32.1. The Hall–Kier alpha value is -3.18. The summed E-state index contributed by atoms with van der Waals surface area (Å²) in [7, 11) is 1.61. The molecule has 0 saturated heterocycles. The first-order chi connectivity index (χ1) is 13.2. The van der Waals surface area contributed by atoms with Gasteiger partial charge in [0, 0.05) is 18.0 Å². The van der Waals surface area contributed by atoms with Crippen LogP contribution in [0.1, 0.15) is 17.0 Å². The van der Waals surface area contributed by atoms with Crippen molar-refractivity contribution in [3.8, 4) is 5.75 Å². The standard InChI is InChI=1S/C22H17NO3S/c1-26-19-11-10-14-6-2-3-7-16(14)17(19)12-15(13-21(24)25)22-23-18-8-4-5-9-20(18)27-22/h2-12H,13H2,1H3,(H,24,25)/p-1/b15-12+. The Morgan fingerprint density at radius 1 is 1.11 bits per heavy atom. The number of hydrogen-bond acceptors (Lipinski definition) is 5. The molecule has 1 aromatic heterocycles. The van der Waals surface area contributed by atoms with Gasteiger partial charge in [-0.15, -0.1) is 11.3 Å². The quantitative estimate of drug-likeness (QED) is 0.527. The van der Waals surface area contributed by atoms with Crippen LogP contribution in [0.4, 0.5) is 0 Å². The second-order valence-corrected chi connectivity index (χ2v) is 7.14. The average Bonchev–Trinajstić information content (AvgIpc) is 3.11. The highest BCUT2D eigenvalue weighted by Crippen LogP contribution is 2.35. The highest BCUT2D eigenvalue weighted by Gasteiger charge is 2.13. The van der Waals surface area contributed by atoms with Crippen molar-refractivity contribution in [1.82, 2.24) is 4.98 Å². The van der Waals surface area contributed by atoms with Gasteiger partial charge in [0.15, 0.2) is 0 Å². The Morgan fingerprint density at radius 3 is 2.67 bits per heavy atom. The number of rotatable bonds is 5. The van der Waals surface area contributed by atoms with Crippen LogP contribution in [0.3, 0.4) is 0 Å². The van der Waals surface area contributed by atoms with Crippen molar-refractivity contribution in [1.29, 1.82) is 0 Å². The number of nitrogens with zero attached hydrogens (tertiary/aromatic N) is 1. The van der Waals surface area contributed by atoms with Crippen LogP contribution in [-0.2, 0) is 4.79 Å². The van der Waals surface area contributed by atoms with Crippen LogP contribution in [0.2, 0.25) is 0 Å². The van der Waals surface area contributed by atoms with Gasteiger partial charge in [0.1, 0.15) is 10.8 Å². The largest absolute Gasteiger partial charge is 0.550 e. The van der Waals surface area contributed by atoms with E-state index in [4.69, 9.17) is 4.74 Å². The van der Waals surface area contributed by atoms with Crippen LogP contribution in [0, 0.1) is 0 Å². The van der Waals surface area contributed by atoms with Gasteiger partial charge in [0.25, 0.3) is 0 Å². The first-order valence-corrected chi connectivity index (χ1v) is 9.29. The number of carboxylic acid groups (broad SMARTS) is 1. The topological polar surface area (TPSA) is 62.2 Å². The van der Waals surface area contributed by atoms with Crippen LogP contribution in [0.25, 0.3) is 32.6 Å². The van der Waals surface area contributed by atoms with Gasteiger partial charge in [-0.3, -0.25) is 0 Å². The lowest BCUT2D eigenvalue weighted by Gasteiger charge is -2.11. The molecular weight excluding hydrogens is 358 g/mol. The molecule has 0 saturated carbocycles. The fourth-order valence-corrected chi connectivity index (χ4v) is 4.11. The van der Waals surface area contributed by atoms with Crippen molar-refractivity contribution in [2.24, 2.45) is 0 Å². The summed E-state index contributed by atoms with van der Waals surface area (Å²) >= 11 is 1.47. The normalized spacial score (nSPS) is 11.8. The van der Waals surface area contributed by atoms with Crippen LogP contribution in [-0.4, -0.2) is 18.1 Å². The van der Waals surface area contributed by atoms with E-state index >= 15 is 0 Å². The third kappa shape index (κ3) is 3.41. The lowest BCUT2D eigenvalue weighted by atomic mass is 10.0. The molecule has 4 nitrogen and oxygen atoms in total. The van der Waals surface area contributed by atoms with Crippen molar-refractivity contribution >= 4 is 49.9 Å². The average molecular weight is 374 g/mol. The molecular formula is C22H16NO3S-. The van der Waals surface area contributed by atoms with E-state index < -0.39 is 5.97 Å². The van der Waals surface area contributed by atoms with Crippen molar-refractivity contribution < 1.29 is 14.6 Å². The molecule has 3 aromatic carbocycles. The summed E-state index contributed by atoms with van der Waals surface area (Å²) in [6.07, 6.45) is 1.64. The predicted octanol–water partition coefficient (Wildman–Crippen LogP) is 4.14. The van der Waals surface area contributed by atoms with Gasteiger partial charge in [0.2, 0.25) is 0 Å². The Balaban J connectivity index is 1.94. The minimum atomic E-state index is -1.14. The number of carbonyl (C=O) groups is 1. The Morgan fingerprint density at radius 2 is 1.89 bits per heavy atom. The fourth-order valence-electron chi connectivity index (χ4n) is 3.13. The second kappa shape index (κ2) is 7.21. The molecule has 0 N–H and O–H groups in total. The lowest BCUT2D eigenvalue weighted by Crippen LogP contribution is -2.22. The summed E-state index contributed by atoms with van der Waals surface area (Å²) < 4.78 is 6.54. The molecule has 1 heterocycles. The summed E-state index contributed by atoms with van der Waals surface area (Å²) in [4.78, 5) is 16.0. The molecule has 0 spiro atoms. The minimum absolute atomic E-state index is 0.216. The molecule has 4 aromatic rings. The third-order valence-electron chi connectivity index (χ3n) is 4.37. The smallest absolute Gasteiger partial charge is 0.126 e. The zero-order valence-corrected chi connectivity index (χ0v) is 15.5. The van der Waals surface area contributed by atoms with E-state index in [0.717, 1.165) is 26.6 Å². The molecule has 0 bridgehead atoms. The third-order valence-corrected chi connectivity index (χ3v) is 5.48. The number of thiazole rings is 1. The summed E-state index contributed by atoms with van der Waals surface area (Å²) in [5.41, 5.74) is 2.29. The molecule has 0 amide bonds. The number of aromatic nitrogens is 1. The van der Waals surface area contributed by atoms with Crippen molar-refractivity contribution in [3.05, 3.63) is 71.2 Å². The number of ether oxygens (including phenoxy) is 1. The van der Waals surface area contributed by atoms with Crippen LogP contribution < -0.4 is 9.84 Å². The molecule has 27 heavy (non-hydrogen) atoms. The molecule has 5 heteroatoms. The maximum absolute atomic E-state index is 11.4. The summed E-state index contributed by atoms with van der Waals surface area (Å²) in [6, 6.07) is 19.6. The minimum Gasteiger partial charge on any atom is -0.550 e. The van der Waals surface area contributed by atoms with Gasteiger partial charge >= 0.3 is 0 Å². The number of methoxy groups -OCH3 is 1. The number of aliphatic carboxylic acids is 1. The van der Waals surface area contributed by atoms with Crippen LogP contribution in [0.5, 0.6) is 5.75 Å². The lowest BCUT2D eigenvalue weighted by molar-refractivity contribution is -0.304. The number of hydrogen-bond donors (Lipinski definition) is 0. The molecule has 0 unspecified atom stereocenters. The number of fused-ring (bicyclic) bond motifs is 2. The Kier molecular flexibility index (Phi) is 4.60. The maximum Gasteiger partial charge on any atom is 0.126 e. The molecule has 4 rings (SSSR count). The van der Waals surface area contributed by atoms with Gasteiger partial charge in [-0.1, -0.05) is 42.5 Å². The second-order valence-electron chi connectivity index (χ2n) is 6.11. The van der Waals surface area contributed by atoms with E-state index in [-0.39, 0.29) is 6.42 Å². The van der Waals surface area contributed by atoms with E-state index in [2.05, 4.69) is 4.98 Å². The SMILES string of the molecule is COc1ccc2ccccc2c1/C=C(\CC(=O)[O-])c1nc2ccccc2s1. The molecule has 0 atom stereocenters. The molecule has 134 valence electrons. The van der Waals surface area contributed by atoms with Crippen LogP contribution >= 0.6 is 11.3 Å². The highest BCUT2D eigenvalue weighted by molar-refractivity contribution is 7.19. The van der Waals surface area contributed by atoms with Crippen molar-refractivity contribution in [2.45, 2.75) is 6.42 Å². The van der Waals surface area contributed by atoms with E-state index in [1.54, 1.807) is 7.11 Å². The van der Waals surface area contributed by atoms with E-state index in [9.17, 15) is 9.90 Å². The molecule has 0 aliphatic heterocycles. The van der Waals surface area contributed by atoms with Crippen molar-refractivity contribution in [2.75, 3.05) is 7.11 Å². The number of para-hydroxylation sites is 1. The zero-order valence-electron chi connectivity index (χ0n) is 14.6. The Labute approximate surface area is 160 Å². The van der Waals surface area contributed by atoms with Gasteiger partial charge in [-0.25, -0.2) is 4.98 Å². The molecule has 0 aliphatic carbocycles. The molecule has 0 radical (unpaired) electrons. The summed E-state index contributed by atoms with van der Waals surface area (Å²) in [6.45, 7) is 0. The fraction of sp³-hybridized carbons (Fsp3) is 0.0909. The van der Waals surface area contributed by atoms with E-state index in [0.29, 0.717) is 16.3 Å². The van der Waals surface area contributed by atoms with Gasteiger partial charge in [0.05, 0.1) is 17.3 Å². The van der Waals surface area contributed by atoms with E-state index in [1.165, 1.54) is 11.3 Å². The summed E-state index contributed by atoms with van der Waals surface area (Å²) in [5, 5.41) is 14.1. The Bertz CT molecular complexity index is 1140. The predicted molar refractivity (Wildman–Crippen MR) is 108 cm³/mol. The molecule has 0 aliphatic rings. The maximum atomic E-state index is 11.4. The van der Waals surface area contributed by atoms with Crippen molar-refractivity contribution in [3.63, 3.8) is 0 Å². The first-order valence-electron chi connectivity index (χ1n) is 8.48. The van der Waals surface area contributed by atoms with E-state index in [1.807, 2.05) is 66.7 Å². The van der Waals surface area contributed by atoms with Gasteiger partial charge < -0.3 is 14.6 Å².